The summed E-state index contributed by atoms with van der Waals surface area (Å²) in [6, 6.07) is 2.71. The second-order valence-electron chi connectivity index (χ2n) is 5.18. The number of sulfonamides is 1. The number of carboxylic acid groups (broad SMARTS) is 1. The van der Waals surface area contributed by atoms with Crippen LogP contribution in [0, 0.1) is 0 Å². The number of carboxylic acids is 1. The van der Waals surface area contributed by atoms with Crippen LogP contribution in [0.3, 0.4) is 0 Å². The van der Waals surface area contributed by atoms with Gasteiger partial charge in [-0.05, 0) is 18.6 Å². The summed E-state index contributed by atoms with van der Waals surface area (Å²) in [5, 5.41) is 11.2. The monoisotopic (exact) mass is 395 g/mol. The summed E-state index contributed by atoms with van der Waals surface area (Å²) in [4.78, 5) is 23.9. The van der Waals surface area contributed by atoms with E-state index in [1.165, 1.54) is 15.3 Å². The van der Waals surface area contributed by atoms with Crippen LogP contribution in [0.25, 0.3) is 0 Å². The van der Waals surface area contributed by atoms with Crippen LogP contribution in [0.4, 0.5) is 4.79 Å². The first-order chi connectivity index (χ1) is 11.3. The fraction of sp³-hybridized carbons (Fsp3) is 0.538. The van der Waals surface area contributed by atoms with Gasteiger partial charge >= 0.3 is 12.0 Å². The maximum Gasteiger partial charge on any atom is 0.317 e. The molecule has 134 valence electrons. The van der Waals surface area contributed by atoms with Crippen molar-refractivity contribution in [1.82, 2.24) is 14.5 Å². The van der Waals surface area contributed by atoms with Gasteiger partial charge in [-0.3, -0.25) is 4.79 Å². The molecule has 1 aliphatic heterocycles. The largest absolute Gasteiger partial charge is 0.481 e. The van der Waals surface area contributed by atoms with E-state index in [2.05, 4.69) is 5.32 Å². The van der Waals surface area contributed by atoms with E-state index < -0.39 is 16.0 Å². The Balaban J connectivity index is 1.82. The summed E-state index contributed by atoms with van der Waals surface area (Å²) in [5.74, 6) is -0.906. The molecule has 0 bridgehead atoms. The molecule has 0 aliphatic carbocycles. The molecule has 0 atom stereocenters. The lowest BCUT2D eigenvalue weighted by Crippen LogP contribution is -2.53. The standard InChI is InChI=1S/C13H18ClN3O5S2/c14-10-3-4-12(23-10)24(21,22)17-8-6-16(7-9-17)13(20)15-5-1-2-11(18)19/h3-4H,1-2,5-9H2,(H,15,20)(H,18,19). The second kappa shape index (κ2) is 8.15. The SMILES string of the molecule is O=C(O)CCCNC(=O)N1CCN(S(=O)(=O)c2ccc(Cl)s2)CC1. The molecule has 0 radical (unpaired) electrons. The number of urea groups is 1. The number of hydrogen-bond acceptors (Lipinski definition) is 5. The minimum Gasteiger partial charge on any atom is -0.481 e. The molecule has 1 aromatic heterocycles. The molecule has 1 fully saturated rings. The molecular weight excluding hydrogens is 378 g/mol. The van der Waals surface area contributed by atoms with Gasteiger partial charge in [-0.25, -0.2) is 13.2 Å². The lowest BCUT2D eigenvalue weighted by atomic mass is 10.3. The number of piperazine rings is 1. The Morgan fingerprint density at radius 2 is 1.92 bits per heavy atom. The van der Waals surface area contributed by atoms with Gasteiger partial charge in [0.1, 0.15) is 4.21 Å². The minimum atomic E-state index is -3.58. The van der Waals surface area contributed by atoms with Crippen LogP contribution in [-0.2, 0) is 14.8 Å². The zero-order chi connectivity index (χ0) is 17.7. The third kappa shape index (κ3) is 4.82. The lowest BCUT2D eigenvalue weighted by Gasteiger charge is -2.33. The highest BCUT2D eigenvalue weighted by Crippen LogP contribution is 2.28. The number of amides is 2. The summed E-state index contributed by atoms with van der Waals surface area (Å²) in [7, 11) is -3.58. The fourth-order valence-electron chi connectivity index (χ4n) is 2.24. The van der Waals surface area contributed by atoms with E-state index in [-0.39, 0.29) is 49.4 Å². The van der Waals surface area contributed by atoms with Gasteiger partial charge in [0.25, 0.3) is 10.0 Å². The summed E-state index contributed by atoms with van der Waals surface area (Å²) in [6.07, 6.45) is 0.351. The zero-order valence-corrected chi connectivity index (χ0v) is 15.2. The van der Waals surface area contributed by atoms with E-state index in [9.17, 15) is 18.0 Å². The number of carbonyl (C=O) groups is 2. The van der Waals surface area contributed by atoms with Gasteiger partial charge in [-0.15, -0.1) is 11.3 Å². The molecule has 0 spiro atoms. The van der Waals surface area contributed by atoms with Gasteiger partial charge in [0.2, 0.25) is 0 Å². The molecule has 0 saturated carbocycles. The molecular formula is C13H18ClN3O5S2. The van der Waals surface area contributed by atoms with Crippen molar-refractivity contribution >= 4 is 45.0 Å². The lowest BCUT2D eigenvalue weighted by molar-refractivity contribution is -0.137. The average Bonchev–Trinajstić information content (AvgIpc) is 2.98. The summed E-state index contributed by atoms with van der Waals surface area (Å²) < 4.78 is 26.9. The number of thiophene rings is 1. The summed E-state index contributed by atoms with van der Waals surface area (Å²) in [6.45, 7) is 1.25. The molecule has 1 saturated heterocycles. The molecule has 24 heavy (non-hydrogen) atoms. The van der Waals surface area contributed by atoms with E-state index in [0.717, 1.165) is 11.3 Å². The Morgan fingerprint density at radius 3 is 2.46 bits per heavy atom. The topological polar surface area (TPSA) is 107 Å². The molecule has 0 aromatic carbocycles. The fourth-order valence-corrected chi connectivity index (χ4v) is 5.30. The van der Waals surface area contributed by atoms with E-state index in [0.29, 0.717) is 10.8 Å². The van der Waals surface area contributed by atoms with E-state index in [4.69, 9.17) is 16.7 Å². The van der Waals surface area contributed by atoms with Crippen molar-refractivity contribution in [2.24, 2.45) is 0 Å². The molecule has 2 heterocycles. The van der Waals surface area contributed by atoms with Gasteiger partial charge in [0, 0.05) is 39.1 Å². The third-order valence-corrected chi connectivity index (χ3v) is 7.11. The van der Waals surface area contributed by atoms with Crippen molar-refractivity contribution in [1.29, 1.82) is 0 Å². The number of hydrogen-bond donors (Lipinski definition) is 2. The highest BCUT2D eigenvalue weighted by atomic mass is 35.5. The van der Waals surface area contributed by atoms with Gasteiger partial charge < -0.3 is 15.3 Å². The highest BCUT2D eigenvalue weighted by molar-refractivity contribution is 7.91. The number of nitrogens with zero attached hydrogens (tertiary/aromatic N) is 2. The number of nitrogens with one attached hydrogen (secondary N) is 1. The zero-order valence-electron chi connectivity index (χ0n) is 12.8. The van der Waals surface area contributed by atoms with Crippen LogP contribution in [0.1, 0.15) is 12.8 Å². The summed E-state index contributed by atoms with van der Waals surface area (Å²) >= 11 is 6.79. The van der Waals surface area contributed by atoms with Gasteiger partial charge in [0.05, 0.1) is 4.34 Å². The van der Waals surface area contributed by atoms with E-state index in [1.54, 1.807) is 6.07 Å². The Morgan fingerprint density at radius 1 is 1.25 bits per heavy atom. The Hall–Kier alpha value is -1.36. The molecule has 0 unspecified atom stereocenters. The normalized spacial score (nSPS) is 16.1. The molecule has 11 heteroatoms. The van der Waals surface area contributed by atoms with Crippen LogP contribution in [0.15, 0.2) is 16.3 Å². The molecule has 2 N–H and O–H groups in total. The smallest absolute Gasteiger partial charge is 0.317 e. The van der Waals surface area contributed by atoms with Crippen molar-refractivity contribution in [3.05, 3.63) is 16.5 Å². The molecule has 2 amide bonds. The second-order valence-corrected chi connectivity index (χ2v) is 9.06. The molecule has 2 rings (SSSR count). The Labute approximate surface area is 149 Å². The first-order valence-corrected chi connectivity index (χ1v) is 9.94. The number of carbonyl (C=O) groups excluding carboxylic acids is 1. The van der Waals surface area contributed by atoms with Crippen LogP contribution in [-0.4, -0.2) is 67.5 Å². The highest BCUT2D eigenvalue weighted by Gasteiger charge is 2.31. The predicted molar refractivity (Wildman–Crippen MR) is 89.9 cm³/mol. The van der Waals surface area contributed by atoms with Crippen molar-refractivity contribution in [3.8, 4) is 0 Å². The minimum absolute atomic E-state index is 0.00429. The van der Waals surface area contributed by atoms with Crippen LogP contribution < -0.4 is 5.32 Å². The number of rotatable bonds is 6. The van der Waals surface area contributed by atoms with E-state index >= 15 is 0 Å². The van der Waals surface area contributed by atoms with Crippen molar-refractivity contribution < 1.29 is 23.1 Å². The van der Waals surface area contributed by atoms with Crippen molar-refractivity contribution in [3.63, 3.8) is 0 Å². The predicted octanol–water partition coefficient (Wildman–Crippen LogP) is 1.28. The first-order valence-electron chi connectivity index (χ1n) is 7.31. The van der Waals surface area contributed by atoms with Gasteiger partial charge in [0.15, 0.2) is 0 Å². The van der Waals surface area contributed by atoms with Gasteiger partial charge in [-0.1, -0.05) is 11.6 Å². The van der Waals surface area contributed by atoms with Crippen LogP contribution >= 0.6 is 22.9 Å². The Bertz CT molecular complexity index is 698. The van der Waals surface area contributed by atoms with E-state index in [1.807, 2.05) is 0 Å². The van der Waals surface area contributed by atoms with Crippen LogP contribution in [0.5, 0.6) is 0 Å². The molecule has 1 aliphatic rings. The first kappa shape index (κ1) is 19.0. The summed E-state index contributed by atoms with van der Waals surface area (Å²) in [5.41, 5.74) is 0. The maximum absolute atomic E-state index is 12.5. The van der Waals surface area contributed by atoms with Crippen molar-refractivity contribution in [2.75, 3.05) is 32.7 Å². The quantitative estimate of drug-likeness (QED) is 0.705. The molecule has 8 nitrogen and oxygen atoms in total. The average molecular weight is 396 g/mol. The Kier molecular flexibility index (Phi) is 6.44. The van der Waals surface area contributed by atoms with Gasteiger partial charge in [-0.2, -0.15) is 4.31 Å². The number of aliphatic carboxylic acids is 1. The third-order valence-electron chi connectivity index (χ3n) is 3.51. The maximum atomic E-state index is 12.5. The van der Waals surface area contributed by atoms with Crippen LogP contribution in [0.2, 0.25) is 4.34 Å². The molecule has 1 aromatic rings. The number of halogens is 1. The van der Waals surface area contributed by atoms with Crippen molar-refractivity contribution in [2.45, 2.75) is 17.1 Å².